The third-order valence-corrected chi connectivity index (χ3v) is 2.42. The minimum absolute atomic E-state index is 0.0329. The number of nitrogens with two attached hydrogens (primary N) is 1. The van der Waals surface area contributed by atoms with Gasteiger partial charge >= 0.3 is 5.91 Å². The molecule has 18 heavy (non-hydrogen) atoms. The molecule has 0 spiro atoms. The van der Waals surface area contributed by atoms with Gasteiger partial charge in [0.1, 0.15) is 6.42 Å². The molecule has 0 radical (unpaired) electrons. The Kier molecular flexibility index (Phi) is 6.91. The first kappa shape index (κ1) is 14.5. The van der Waals surface area contributed by atoms with E-state index in [9.17, 15) is 4.79 Å². The summed E-state index contributed by atoms with van der Waals surface area (Å²) in [5.41, 5.74) is 1.58. The van der Waals surface area contributed by atoms with E-state index < -0.39 is 0 Å². The minimum atomic E-state index is 0.0329. The van der Waals surface area contributed by atoms with Gasteiger partial charge in [-0.15, -0.1) is 0 Å². The maximum Gasteiger partial charge on any atom is 0.316 e. The van der Waals surface area contributed by atoms with Crippen molar-refractivity contribution < 1.29 is 14.8 Å². The summed E-state index contributed by atoms with van der Waals surface area (Å²) in [6, 6.07) is 10.0. The van der Waals surface area contributed by atoms with Crippen molar-refractivity contribution >= 4 is 11.6 Å². The van der Waals surface area contributed by atoms with Crippen molar-refractivity contribution in [1.82, 2.24) is 0 Å². The Morgan fingerprint density at radius 1 is 1.33 bits per heavy atom. The molecule has 0 bridgehead atoms. The second-order valence-electron chi connectivity index (χ2n) is 4.31. The molecule has 1 aromatic rings. The highest BCUT2D eigenvalue weighted by Crippen LogP contribution is 2.00. The van der Waals surface area contributed by atoms with Crippen molar-refractivity contribution in [2.24, 2.45) is 0 Å². The van der Waals surface area contributed by atoms with E-state index in [0.29, 0.717) is 18.9 Å². The normalized spacial score (nSPS) is 10.3. The number of primary amides is 1. The molecule has 0 saturated heterocycles. The standard InChI is InChI=1S/C14H20N2O2/c1-12(15)10-14(17)16-8-5-9-18-11-13-6-3-2-4-7-13/h2-4,6-7,15H,5,8-11H2,1H3,(H,16,17)/p+1. The number of hydrogen-bond acceptors (Lipinski definition) is 3. The second-order valence-corrected chi connectivity index (χ2v) is 4.31. The number of carbonyl (C=O) groups is 1. The molecule has 0 heterocycles. The van der Waals surface area contributed by atoms with Crippen LogP contribution in [0, 0.1) is 5.41 Å². The molecule has 1 amide bonds. The first-order chi connectivity index (χ1) is 8.68. The van der Waals surface area contributed by atoms with Crippen LogP contribution in [0.15, 0.2) is 30.3 Å². The lowest BCUT2D eigenvalue weighted by atomic mass is 10.2. The van der Waals surface area contributed by atoms with E-state index in [1.54, 1.807) is 12.2 Å². The molecule has 0 saturated carbocycles. The van der Waals surface area contributed by atoms with Gasteiger partial charge in [0.2, 0.25) is 0 Å². The number of rotatable bonds is 8. The summed E-state index contributed by atoms with van der Waals surface area (Å²) >= 11 is 0. The number of hydrogen-bond donors (Lipinski definition) is 2. The fraction of sp³-hybridized carbons (Fsp3) is 0.429. The van der Waals surface area contributed by atoms with E-state index in [4.69, 9.17) is 10.1 Å². The van der Waals surface area contributed by atoms with Crippen LogP contribution in [0.1, 0.15) is 25.3 Å². The Bertz CT molecular complexity index is 377. The van der Waals surface area contributed by atoms with Crippen molar-refractivity contribution in [3.05, 3.63) is 35.9 Å². The van der Waals surface area contributed by atoms with Gasteiger partial charge in [0.05, 0.1) is 19.8 Å². The summed E-state index contributed by atoms with van der Waals surface area (Å²) in [6.07, 6.45) is 1.08. The Hall–Kier alpha value is -1.52. The zero-order valence-corrected chi connectivity index (χ0v) is 10.8. The predicted molar refractivity (Wildman–Crippen MR) is 70.5 cm³/mol. The average molecular weight is 249 g/mol. The van der Waals surface area contributed by atoms with Crippen LogP contribution in [0.4, 0.5) is 0 Å². The number of amides is 1. The zero-order valence-electron chi connectivity index (χ0n) is 10.8. The molecule has 0 unspecified atom stereocenters. The van der Waals surface area contributed by atoms with Crippen molar-refractivity contribution in [1.29, 1.82) is 5.41 Å². The lowest BCUT2D eigenvalue weighted by Crippen LogP contribution is -2.88. The molecule has 0 fully saturated rings. The lowest BCUT2D eigenvalue weighted by Gasteiger charge is -2.03. The van der Waals surface area contributed by atoms with Gasteiger partial charge in [0, 0.05) is 12.1 Å². The van der Waals surface area contributed by atoms with Gasteiger partial charge < -0.3 is 10.1 Å². The predicted octanol–water partition coefficient (Wildman–Crippen LogP) is 1.11. The van der Waals surface area contributed by atoms with Gasteiger partial charge in [0.25, 0.3) is 0 Å². The topological polar surface area (TPSA) is 66.8 Å². The number of benzene rings is 1. The van der Waals surface area contributed by atoms with Crippen LogP contribution in [-0.4, -0.2) is 24.8 Å². The van der Waals surface area contributed by atoms with Crippen molar-refractivity contribution in [2.75, 3.05) is 13.2 Å². The van der Waals surface area contributed by atoms with Gasteiger partial charge in [0.15, 0.2) is 0 Å². The van der Waals surface area contributed by atoms with Gasteiger partial charge in [-0.2, -0.15) is 0 Å². The smallest absolute Gasteiger partial charge is 0.316 e. The van der Waals surface area contributed by atoms with Crippen molar-refractivity contribution in [3.63, 3.8) is 0 Å². The lowest BCUT2D eigenvalue weighted by molar-refractivity contribution is -0.568. The average Bonchev–Trinajstić information content (AvgIpc) is 2.34. The number of quaternary nitrogens is 1. The third kappa shape index (κ3) is 6.93. The Balaban J connectivity index is 1.99. The molecule has 3 N–H and O–H groups in total. The first-order valence-corrected chi connectivity index (χ1v) is 6.20. The Morgan fingerprint density at radius 3 is 2.72 bits per heavy atom. The van der Waals surface area contributed by atoms with E-state index in [1.807, 2.05) is 30.3 Å². The van der Waals surface area contributed by atoms with Crippen LogP contribution in [0.25, 0.3) is 0 Å². The molecule has 1 rings (SSSR count). The maximum atomic E-state index is 11.3. The Morgan fingerprint density at radius 2 is 2.06 bits per heavy atom. The van der Waals surface area contributed by atoms with Gasteiger partial charge in [-0.3, -0.25) is 5.32 Å². The highest BCUT2D eigenvalue weighted by molar-refractivity contribution is 5.94. The highest BCUT2D eigenvalue weighted by Gasteiger charge is 2.05. The van der Waals surface area contributed by atoms with Crippen molar-refractivity contribution in [3.8, 4) is 0 Å². The highest BCUT2D eigenvalue weighted by atomic mass is 16.5. The number of nitrogens with one attached hydrogen (secondary N) is 1. The summed E-state index contributed by atoms with van der Waals surface area (Å²) in [6.45, 7) is 3.65. The molecular formula is C14H21N2O2+. The number of ether oxygens (including phenoxy) is 1. The van der Waals surface area contributed by atoms with E-state index in [1.165, 1.54) is 0 Å². The first-order valence-electron chi connectivity index (χ1n) is 6.20. The molecule has 98 valence electrons. The van der Waals surface area contributed by atoms with Gasteiger partial charge in [-0.25, -0.2) is 4.79 Å². The summed E-state index contributed by atoms with van der Waals surface area (Å²) < 4.78 is 5.51. The minimum Gasteiger partial charge on any atom is -0.377 e. The van der Waals surface area contributed by atoms with Crippen molar-refractivity contribution in [2.45, 2.75) is 26.4 Å². The summed E-state index contributed by atoms with van der Waals surface area (Å²) in [5.74, 6) is 0.0329. The maximum absolute atomic E-state index is 11.3. The zero-order chi connectivity index (χ0) is 13.2. The van der Waals surface area contributed by atoms with E-state index in [-0.39, 0.29) is 12.3 Å². The second kappa shape index (κ2) is 8.55. The van der Waals surface area contributed by atoms with Crippen LogP contribution >= 0.6 is 0 Å². The van der Waals surface area contributed by atoms with Crippen LogP contribution < -0.4 is 5.32 Å². The van der Waals surface area contributed by atoms with Gasteiger partial charge in [-0.1, -0.05) is 30.3 Å². The SMILES string of the molecule is CC(=N)CC(=O)[NH2+]CCCOCc1ccccc1. The molecule has 0 aliphatic heterocycles. The fourth-order valence-corrected chi connectivity index (χ4v) is 1.55. The largest absolute Gasteiger partial charge is 0.377 e. The molecule has 1 aromatic carbocycles. The fourth-order valence-electron chi connectivity index (χ4n) is 1.55. The molecule has 0 aromatic heterocycles. The third-order valence-electron chi connectivity index (χ3n) is 2.42. The number of carbonyl (C=O) groups excluding carboxylic acids is 1. The summed E-state index contributed by atoms with van der Waals surface area (Å²) in [4.78, 5) is 11.3. The molecule has 4 heteroatoms. The van der Waals surface area contributed by atoms with Gasteiger partial charge in [-0.05, 0) is 12.5 Å². The molecule has 4 nitrogen and oxygen atoms in total. The quantitative estimate of drug-likeness (QED) is 0.535. The van der Waals surface area contributed by atoms with Crippen LogP contribution in [0.2, 0.25) is 0 Å². The van der Waals surface area contributed by atoms with E-state index in [2.05, 4.69) is 0 Å². The van der Waals surface area contributed by atoms with Crippen LogP contribution in [-0.2, 0) is 16.1 Å². The van der Waals surface area contributed by atoms with Crippen LogP contribution in [0.5, 0.6) is 0 Å². The molecule has 0 aliphatic rings. The molecule has 0 aliphatic carbocycles. The van der Waals surface area contributed by atoms with E-state index >= 15 is 0 Å². The Labute approximate surface area is 108 Å². The molecule has 0 atom stereocenters. The molecular weight excluding hydrogens is 228 g/mol. The van der Waals surface area contributed by atoms with E-state index in [0.717, 1.165) is 18.5 Å². The summed E-state index contributed by atoms with van der Waals surface area (Å²) in [5, 5.41) is 8.86. The monoisotopic (exact) mass is 249 g/mol. The summed E-state index contributed by atoms with van der Waals surface area (Å²) in [7, 11) is 0. The van der Waals surface area contributed by atoms with Crippen LogP contribution in [0.3, 0.4) is 0 Å².